The third-order valence-corrected chi connectivity index (χ3v) is 3.21. The molecule has 0 radical (unpaired) electrons. The van der Waals surface area contributed by atoms with Gasteiger partial charge in [0.15, 0.2) is 0 Å². The summed E-state index contributed by atoms with van der Waals surface area (Å²) >= 11 is 0. The Kier molecular flexibility index (Phi) is 2.70. The number of hydrogen-bond donors (Lipinski definition) is 1. The van der Waals surface area contributed by atoms with Gasteiger partial charge in [-0.1, -0.05) is 12.2 Å². The Hall–Kier alpha value is -0.340. The molecule has 0 aromatic carbocycles. The molecule has 2 aliphatic rings. The molecule has 1 heterocycles. The standard InChI is InChI=1S/C11H18O2/c12-10-4-1-2-6-11(8-5-10)7-3-9-13-11/h1,4,10,12H,2-3,5-9H2. The summed E-state index contributed by atoms with van der Waals surface area (Å²) in [6, 6.07) is 0. The first-order chi connectivity index (χ1) is 6.31. The van der Waals surface area contributed by atoms with Gasteiger partial charge in [0.2, 0.25) is 0 Å². The molecule has 1 N–H and O–H groups in total. The van der Waals surface area contributed by atoms with Crippen LogP contribution < -0.4 is 0 Å². The lowest BCUT2D eigenvalue weighted by Crippen LogP contribution is -2.29. The van der Waals surface area contributed by atoms with Crippen molar-refractivity contribution in [1.82, 2.24) is 0 Å². The zero-order chi connectivity index (χ0) is 9.15. The maximum Gasteiger partial charge on any atom is 0.0722 e. The first kappa shape index (κ1) is 9.22. The molecule has 0 bridgehead atoms. The molecule has 0 amide bonds. The van der Waals surface area contributed by atoms with Crippen molar-refractivity contribution in [1.29, 1.82) is 0 Å². The molecule has 2 heteroatoms. The summed E-state index contributed by atoms with van der Waals surface area (Å²) in [7, 11) is 0. The van der Waals surface area contributed by atoms with Gasteiger partial charge in [-0.15, -0.1) is 0 Å². The Balaban J connectivity index is 2.01. The number of rotatable bonds is 0. The third kappa shape index (κ3) is 2.12. The van der Waals surface area contributed by atoms with E-state index < -0.39 is 0 Å². The zero-order valence-corrected chi connectivity index (χ0v) is 8.04. The van der Waals surface area contributed by atoms with Crippen LogP contribution in [0.2, 0.25) is 0 Å². The van der Waals surface area contributed by atoms with Gasteiger partial charge in [0.05, 0.1) is 11.7 Å². The van der Waals surface area contributed by atoms with Crippen LogP contribution in [0.3, 0.4) is 0 Å². The lowest BCUT2D eigenvalue weighted by molar-refractivity contribution is -0.0179. The molecule has 0 saturated carbocycles. The van der Waals surface area contributed by atoms with Gasteiger partial charge in [-0.25, -0.2) is 0 Å². The molecule has 74 valence electrons. The molecule has 0 aromatic heterocycles. The molecule has 13 heavy (non-hydrogen) atoms. The summed E-state index contributed by atoms with van der Waals surface area (Å²) in [6.45, 7) is 0.916. The molecular formula is C11H18O2. The number of allylic oxidation sites excluding steroid dienone is 1. The minimum absolute atomic E-state index is 0.117. The fourth-order valence-electron chi connectivity index (χ4n) is 2.38. The topological polar surface area (TPSA) is 29.5 Å². The van der Waals surface area contributed by atoms with Crippen molar-refractivity contribution in [3.05, 3.63) is 12.2 Å². The highest BCUT2D eigenvalue weighted by Gasteiger charge is 2.34. The number of aliphatic hydroxyl groups is 1. The van der Waals surface area contributed by atoms with Crippen LogP contribution in [0.15, 0.2) is 12.2 Å². The number of aliphatic hydroxyl groups excluding tert-OH is 1. The molecule has 1 fully saturated rings. The van der Waals surface area contributed by atoms with Gasteiger partial charge in [-0.3, -0.25) is 0 Å². The SMILES string of the molecule is OC1C=CCCC2(CCCO2)CC1. The van der Waals surface area contributed by atoms with Crippen molar-refractivity contribution in [3.63, 3.8) is 0 Å². The molecule has 1 aliphatic carbocycles. The van der Waals surface area contributed by atoms with E-state index in [1.54, 1.807) is 0 Å². The summed E-state index contributed by atoms with van der Waals surface area (Å²) in [5, 5.41) is 9.52. The van der Waals surface area contributed by atoms with E-state index in [9.17, 15) is 5.11 Å². The average molecular weight is 182 g/mol. The first-order valence-corrected chi connectivity index (χ1v) is 5.29. The van der Waals surface area contributed by atoms with Gasteiger partial charge >= 0.3 is 0 Å². The largest absolute Gasteiger partial charge is 0.389 e. The zero-order valence-electron chi connectivity index (χ0n) is 8.04. The van der Waals surface area contributed by atoms with Crippen molar-refractivity contribution in [2.75, 3.05) is 6.61 Å². The highest BCUT2D eigenvalue weighted by molar-refractivity contribution is 4.97. The van der Waals surface area contributed by atoms with Crippen LogP contribution in [0.5, 0.6) is 0 Å². The van der Waals surface area contributed by atoms with Crippen LogP contribution in [0, 0.1) is 0 Å². The van der Waals surface area contributed by atoms with Gasteiger partial charge in [0.25, 0.3) is 0 Å². The second kappa shape index (κ2) is 3.81. The van der Waals surface area contributed by atoms with Crippen molar-refractivity contribution in [2.45, 2.75) is 50.2 Å². The predicted molar refractivity (Wildman–Crippen MR) is 51.5 cm³/mol. The molecule has 1 aliphatic heterocycles. The smallest absolute Gasteiger partial charge is 0.0722 e. The highest BCUT2D eigenvalue weighted by Crippen LogP contribution is 2.36. The maximum absolute atomic E-state index is 9.52. The third-order valence-electron chi connectivity index (χ3n) is 3.21. The Bertz CT molecular complexity index is 192. The van der Waals surface area contributed by atoms with E-state index in [4.69, 9.17) is 4.74 Å². The molecule has 2 nitrogen and oxygen atoms in total. The normalized spacial score (nSPS) is 40.5. The summed E-state index contributed by atoms with van der Waals surface area (Å²) in [4.78, 5) is 0. The summed E-state index contributed by atoms with van der Waals surface area (Å²) in [6.07, 6.45) is 10.2. The Labute approximate surface area is 79.6 Å². The summed E-state index contributed by atoms with van der Waals surface area (Å²) in [5.41, 5.74) is 0.117. The van der Waals surface area contributed by atoms with Crippen molar-refractivity contribution >= 4 is 0 Å². The van der Waals surface area contributed by atoms with Crippen LogP contribution in [0.4, 0.5) is 0 Å². The van der Waals surface area contributed by atoms with Crippen molar-refractivity contribution in [3.8, 4) is 0 Å². The van der Waals surface area contributed by atoms with E-state index in [2.05, 4.69) is 6.08 Å². The molecule has 0 aromatic rings. The van der Waals surface area contributed by atoms with Crippen LogP contribution in [-0.4, -0.2) is 23.4 Å². The van der Waals surface area contributed by atoms with E-state index in [-0.39, 0.29) is 11.7 Å². The molecule has 2 unspecified atom stereocenters. The number of ether oxygens (including phenoxy) is 1. The Morgan fingerprint density at radius 2 is 2.23 bits per heavy atom. The second-order valence-electron chi connectivity index (χ2n) is 4.21. The van der Waals surface area contributed by atoms with Crippen molar-refractivity contribution < 1.29 is 9.84 Å². The van der Waals surface area contributed by atoms with Crippen LogP contribution >= 0.6 is 0 Å². The second-order valence-corrected chi connectivity index (χ2v) is 4.21. The molecule has 2 atom stereocenters. The monoisotopic (exact) mass is 182 g/mol. The Morgan fingerprint density at radius 1 is 1.31 bits per heavy atom. The van der Waals surface area contributed by atoms with E-state index in [1.165, 1.54) is 12.8 Å². The minimum Gasteiger partial charge on any atom is -0.389 e. The molecule has 1 spiro atoms. The maximum atomic E-state index is 9.52. The highest BCUT2D eigenvalue weighted by atomic mass is 16.5. The van der Waals surface area contributed by atoms with E-state index in [1.807, 2.05) is 6.08 Å². The van der Waals surface area contributed by atoms with Crippen LogP contribution in [-0.2, 0) is 4.74 Å². The fraction of sp³-hybridized carbons (Fsp3) is 0.818. The van der Waals surface area contributed by atoms with Crippen LogP contribution in [0.1, 0.15) is 38.5 Å². The van der Waals surface area contributed by atoms with Gasteiger partial charge < -0.3 is 9.84 Å². The number of hydrogen-bond acceptors (Lipinski definition) is 2. The Morgan fingerprint density at radius 3 is 3.00 bits per heavy atom. The minimum atomic E-state index is -0.249. The molecule has 2 rings (SSSR count). The van der Waals surface area contributed by atoms with E-state index >= 15 is 0 Å². The average Bonchev–Trinajstić information content (AvgIpc) is 2.56. The van der Waals surface area contributed by atoms with Crippen LogP contribution in [0.25, 0.3) is 0 Å². The van der Waals surface area contributed by atoms with Gasteiger partial charge in [-0.2, -0.15) is 0 Å². The van der Waals surface area contributed by atoms with Gasteiger partial charge in [0.1, 0.15) is 0 Å². The molecular weight excluding hydrogens is 164 g/mol. The predicted octanol–water partition coefficient (Wildman–Crippen LogP) is 2.03. The van der Waals surface area contributed by atoms with Gasteiger partial charge in [0, 0.05) is 6.61 Å². The quantitative estimate of drug-likeness (QED) is 0.581. The van der Waals surface area contributed by atoms with E-state index in [0.29, 0.717) is 0 Å². The summed E-state index contributed by atoms with van der Waals surface area (Å²) < 4.78 is 5.82. The van der Waals surface area contributed by atoms with Crippen molar-refractivity contribution in [2.24, 2.45) is 0 Å². The van der Waals surface area contributed by atoms with Gasteiger partial charge in [-0.05, 0) is 38.5 Å². The lowest BCUT2D eigenvalue weighted by Gasteiger charge is -2.30. The van der Waals surface area contributed by atoms with E-state index in [0.717, 1.165) is 32.3 Å². The fourth-order valence-corrected chi connectivity index (χ4v) is 2.38. The summed E-state index contributed by atoms with van der Waals surface area (Å²) in [5.74, 6) is 0. The first-order valence-electron chi connectivity index (χ1n) is 5.29. The lowest BCUT2D eigenvalue weighted by atomic mass is 9.86. The molecule has 1 saturated heterocycles.